The highest BCUT2D eigenvalue weighted by atomic mass is 79.9. The van der Waals surface area contributed by atoms with Gasteiger partial charge < -0.3 is 9.73 Å². The summed E-state index contributed by atoms with van der Waals surface area (Å²) in [6, 6.07) is 10.6. The molecule has 0 spiro atoms. The first-order valence-electron chi connectivity index (χ1n) is 6.85. The number of urea groups is 1. The van der Waals surface area contributed by atoms with Gasteiger partial charge in [0.2, 0.25) is 0 Å². The summed E-state index contributed by atoms with van der Waals surface area (Å²) in [5.74, 6) is 0.834. The molecule has 1 aliphatic heterocycles. The number of nitrogens with zero attached hydrogens (tertiary/aromatic N) is 1. The largest absolute Gasteiger partial charge is 0.463 e. The maximum absolute atomic E-state index is 12.7. The second-order valence-corrected chi connectivity index (χ2v) is 6.40. The van der Waals surface area contributed by atoms with E-state index in [0.29, 0.717) is 11.5 Å². The number of carbonyl (C=O) groups excluding carboxylic acids is 2. The van der Waals surface area contributed by atoms with Gasteiger partial charge in [0.25, 0.3) is 5.91 Å². The third kappa shape index (κ3) is 2.43. The van der Waals surface area contributed by atoms with Crippen LogP contribution in [0.2, 0.25) is 0 Å². The molecule has 1 aliphatic rings. The van der Waals surface area contributed by atoms with Crippen LogP contribution in [0.15, 0.2) is 45.3 Å². The zero-order valence-electron chi connectivity index (χ0n) is 12.2. The van der Waals surface area contributed by atoms with Crippen LogP contribution in [0.4, 0.5) is 4.79 Å². The number of halogens is 1. The van der Waals surface area contributed by atoms with E-state index >= 15 is 0 Å². The summed E-state index contributed by atoms with van der Waals surface area (Å²) in [5, 5.41) is 2.73. The van der Waals surface area contributed by atoms with Gasteiger partial charge in [-0.15, -0.1) is 0 Å². The van der Waals surface area contributed by atoms with E-state index in [2.05, 4.69) is 21.2 Å². The third-order valence-corrected chi connectivity index (χ3v) is 4.29. The Morgan fingerprint density at radius 1 is 1.18 bits per heavy atom. The highest BCUT2D eigenvalue weighted by Gasteiger charge is 2.50. The van der Waals surface area contributed by atoms with E-state index in [9.17, 15) is 9.59 Å². The molecule has 0 saturated carbocycles. The fourth-order valence-electron chi connectivity index (χ4n) is 2.48. The van der Waals surface area contributed by atoms with Crippen LogP contribution < -0.4 is 5.32 Å². The quantitative estimate of drug-likeness (QED) is 0.851. The van der Waals surface area contributed by atoms with Crippen molar-refractivity contribution in [3.05, 3.63) is 58.0 Å². The van der Waals surface area contributed by atoms with Crippen LogP contribution >= 0.6 is 15.9 Å². The molecule has 0 bridgehead atoms. The van der Waals surface area contributed by atoms with E-state index in [1.54, 1.807) is 26.0 Å². The van der Waals surface area contributed by atoms with Gasteiger partial charge >= 0.3 is 6.03 Å². The number of amides is 3. The number of rotatable bonds is 3. The Labute approximate surface area is 136 Å². The van der Waals surface area contributed by atoms with Crippen LogP contribution in [0.3, 0.4) is 0 Å². The number of hydrogen-bond donors (Lipinski definition) is 1. The highest BCUT2D eigenvalue weighted by Crippen LogP contribution is 2.31. The number of nitrogens with one attached hydrogen (secondary N) is 1. The van der Waals surface area contributed by atoms with Crippen LogP contribution in [0.5, 0.6) is 0 Å². The molecule has 2 heterocycles. The van der Waals surface area contributed by atoms with E-state index < -0.39 is 11.6 Å². The van der Waals surface area contributed by atoms with E-state index in [-0.39, 0.29) is 12.5 Å². The lowest BCUT2D eigenvalue weighted by Crippen LogP contribution is -2.40. The number of carbonyl (C=O) groups is 2. The minimum absolute atomic E-state index is 0.229. The predicted molar refractivity (Wildman–Crippen MR) is 84.0 cm³/mol. The van der Waals surface area contributed by atoms with Gasteiger partial charge in [-0.2, -0.15) is 0 Å². The average Bonchev–Trinajstić information content (AvgIpc) is 3.00. The number of imide groups is 1. The summed E-state index contributed by atoms with van der Waals surface area (Å²) in [6.07, 6.45) is 0. The van der Waals surface area contributed by atoms with Crippen LogP contribution in [-0.2, 0) is 16.9 Å². The Morgan fingerprint density at radius 2 is 1.86 bits per heavy atom. The van der Waals surface area contributed by atoms with Crippen molar-refractivity contribution in [3.63, 3.8) is 0 Å². The first kappa shape index (κ1) is 14.8. The smallest absolute Gasteiger partial charge is 0.325 e. The SMILES string of the molecule is Cc1ccc([C@@]2(C)NC(=O)N(Cc3ccc(Br)cc3)C2=O)o1. The van der Waals surface area contributed by atoms with Gasteiger partial charge in [-0.3, -0.25) is 9.69 Å². The minimum Gasteiger partial charge on any atom is -0.463 e. The predicted octanol–water partition coefficient (Wildman–Crippen LogP) is 3.32. The summed E-state index contributed by atoms with van der Waals surface area (Å²) < 4.78 is 6.48. The molecule has 1 N–H and O–H groups in total. The van der Waals surface area contributed by atoms with Gasteiger partial charge in [0.15, 0.2) is 5.54 Å². The highest BCUT2D eigenvalue weighted by molar-refractivity contribution is 9.10. The second kappa shape index (κ2) is 5.28. The van der Waals surface area contributed by atoms with Gasteiger partial charge in [0.1, 0.15) is 11.5 Å². The maximum atomic E-state index is 12.7. The Hall–Kier alpha value is -2.08. The van der Waals surface area contributed by atoms with Crippen molar-refractivity contribution >= 4 is 27.9 Å². The molecule has 2 aromatic rings. The van der Waals surface area contributed by atoms with Crippen LogP contribution in [0.1, 0.15) is 24.0 Å². The lowest BCUT2D eigenvalue weighted by Gasteiger charge is -2.19. The van der Waals surface area contributed by atoms with E-state index in [1.807, 2.05) is 24.3 Å². The van der Waals surface area contributed by atoms with Gasteiger partial charge in [0.05, 0.1) is 6.54 Å². The third-order valence-electron chi connectivity index (χ3n) is 3.76. The molecule has 0 radical (unpaired) electrons. The minimum atomic E-state index is -1.15. The van der Waals surface area contributed by atoms with Crippen molar-refractivity contribution in [1.82, 2.24) is 10.2 Å². The summed E-state index contributed by atoms with van der Waals surface area (Å²) in [5.41, 5.74) is -0.271. The molecule has 0 unspecified atom stereocenters. The molecule has 1 aromatic heterocycles. The molecule has 22 heavy (non-hydrogen) atoms. The van der Waals surface area contributed by atoms with Crippen molar-refractivity contribution in [1.29, 1.82) is 0 Å². The Balaban J connectivity index is 1.86. The zero-order valence-corrected chi connectivity index (χ0v) is 13.8. The Kier molecular flexibility index (Phi) is 3.56. The molecule has 1 fully saturated rings. The fraction of sp³-hybridized carbons (Fsp3) is 0.250. The molecule has 5 nitrogen and oxygen atoms in total. The average molecular weight is 363 g/mol. The van der Waals surface area contributed by atoms with Crippen molar-refractivity contribution in [2.45, 2.75) is 25.9 Å². The molecule has 3 amide bonds. The Bertz CT molecular complexity index is 738. The first-order chi connectivity index (χ1) is 10.4. The molecule has 1 aromatic carbocycles. The van der Waals surface area contributed by atoms with Gasteiger partial charge in [-0.25, -0.2) is 4.79 Å². The molecule has 1 saturated heterocycles. The molecular formula is C16H15BrN2O3. The van der Waals surface area contributed by atoms with E-state index in [1.165, 1.54) is 4.90 Å². The van der Waals surface area contributed by atoms with Crippen molar-refractivity contribution in [2.75, 3.05) is 0 Å². The summed E-state index contributed by atoms with van der Waals surface area (Å²) in [7, 11) is 0. The normalized spacial score (nSPS) is 21.3. The number of hydrogen-bond acceptors (Lipinski definition) is 3. The first-order valence-corrected chi connectivity index (χ1v) is 7.65. The standard InChI is InChI=1S/C16H15BrN2O3/c1-10-3-8-13(22-10)16(2)14(20)19(15(21)18-16)9-11-4-6-12(17)7-5-11/h3-8H,9H2,1-2H3,(H,18,21)/t16-/m1/s1. The molecular weight excluding hydrogens is 348 g/mol. The molecule has 6 heteroatoms. The molecule has 1 atom stereocenters. The maximum Gasteiger partial charge on any atom is 0.325 e. The monoisotopic (exact) mass is 362 g/mol. The lowest BCUT2D eigenvalue weighted by molar-refractivity contribution is -0.132. The van der Waals surface area contributed by atoms with Crippen molar-refractivity contribution in [2.24, 2.45) is 0 Å². The van der Waals surface area contributed by atoms with Gasteiger partial charge in [-0.1, -0.05) is 28.1 Å². The van der Waals surface area contributed by atoms with Crippen LogP contribution in [0, 0.1) is 6.92 Å². The molecule has 114 valence electrons. The van der Waals surface area contributed by atoms with Gasteiger partial charge in [-0.05, 0) is 43.7 Å². The van der Waals surface area contributed by atoms with Crippen LogP contribution in [0.25, 0.3) is 0 Å². The number of furan rings is 1. The number of benzene rings is 1. The van der Waals surface area contributed by atoms with E-state index in [4.69, 9.17) is 4.42 Å². The lowest BCUT2D eigenvalue weighted by atomic mass is 9.99. The Morgan fingerprint density at radius 3 is 2.45 bits per heavy atom. The summed E-state index contributed by atoms with van der Waals surface area (Å²) in [6.45, 7) is 3.69. The topological polar surface area (TPSA) is 62.6 Å². The van der Waals surface area contributed by atoms with Crippen molar-refractivity contribution in [3.8, 4) is 0 Å². The number of aryl methyl sites for hydroxylation is 1. The second-order valence-electron chi connectivity index (χ2n) is 5.48. The zero-order chi connectivity index (χ0) is 15.9. The van der Waals surface area contributed by atoms with Gasteiger partial charge in [0, 0.05) is 4.47 Å². The van der Waals surface area contributed by atoms with Crippen LogP contribution in [-0.4, -0.2) is 16.8 Å². The van der Waals surface area contributed by atoms with Crippen molar-refractivity contribution < 1.29 is 14.0 Å². The van der Waals surface area contributed by atoms with E-state index in [0.717, 1.165) is 10.0 Å². The molecule has 3 rings (SSSR count). The fourth-order valence-corrected chi connectivity index (χ4v) is 2.75. The molecule has 0 aliphatic carbocycles. The summed E-state index contributed by atoms with van der Waals surface area (Å²) >= 11 is 3.36. The summed E-state index contributed by atoms with van der Waals surface area (Å²) in [4.78, 5) is 26.1.